The molecule has 7 heteroatoms. The number of fused-ring (bicyclic) bond motifs is 3. The molecule has 1 aliphatic rings. The number of nitrogens with one attached hydrogen (secondary N) is 1. The van der Waals surface area contributed by atoms with Crippen LogP contribution < -0.4 is 10.9 Å². The first-order valence-corrected chi connectivity index (χ1v) is 12.1. The topological polar surface area (TPSA) is 46.9 Å². The molecular formula is C26H25F2N3OS. The summed E-state index contributed by atoms with van der Waals surface area (Å²) in [6.07, 6.45) is 5.77. The number of aryl methyl sites for hydroxylation is 3. The predicted octanol–water partition coefficient (Wildman–Crippen LogP) is 5.02. The molecule has 0 fully saturated rings. The molecule has 4 nitrogen and oxygen atoms in total. The highest BCUT2D eigenvalue weighted by molar-refractivity contribution is 7.18. The Kier molecular flexibility index (Phi) is 6.33. The van der Waals surface area contributed by atoms with Crippen LogP contribution >= 0.6 is 11.3 Å². The number of thiophene rings is 1. The normalized spacial score (nSPS) is 15.6. The highest BCUT2D eigenvalue weighted by atomic mass is 32.1. The summed E-state index contributed by atoms with van der Waals surface area (Å²) in [6.45, 7) is 0.787. The minimum absolute atomic E-state index is 0.0328. The molecule has 0 radical (unpaired) electrons. The smallest absolute Gasteiger partial charge is 0.262 e. The molecule has 0 bridgehead atoms. The van der Waals surface area contributed by atoms with E-state index in [-0.39, 0.29) is 23.7 Å². The largest absolute Gasteiger partial charge is 0.309 e. The monoisotopic (exact) mass is 465 g/mol. The molecule has 0 saturated carbocycles. The summed E-state index contributed by atoms with van der Waals surface area (Å²) in [5.41, 5.74) is 2.46. The van der Waals surface area contributed by atoms with Gasteiger partial charge in [-0.2, -0.15) is 0 Å². The van der Waals surface area contributed by atoms with Gasteiger partial charge in [-0.15, -0.1) is 11.3 Å². The van der Waals surface area contributed by atoms with Gasteiger partial charge in [0.05, 0.1) is 11.7 Å². The van der Waals surface area contributed by atoms with Gasteiger partial charge in [0.2, 0.25) is 0 Å². The molecule has 0 aliphatic heterocycles. The zero-order chi connectivity index (χ0) is 22.8. The Morgan fingerprint density at radius 3 is 2.67 bits per heavy atom. The Labute approximate surface area is 194 Å². The number of nitrogens with zero attached hydrogens (tertiary/aromatic N) is 2. The maximum Gasteiger partial charge on any atom is 0.262 e. The van der Waals surface area contributed by atoms with Crippen LogP contribution in [0.5, 0.6) is 0 Å². The molecular weight excluding hydrogens is 440 g/mol. The van der Waals surface area contributed by atoms with Crippen molar-refractivity contribution >= 4 is 21.6 Å². The van der Waals surface area contributed by atoms with Gasteiger partial charge >= 0.3 is 0 Å². The van der Waals surface area contributed by atoms with E-state index < -0.39 is 11.6 Å². The fourth-order valence-electron chi connectivity index (χ4n) is 4.58. The first-order chi connectivity index (χ1) is 16.1. The molecule has 5 rings (SSSR count). The highest BCUT2D eigenvalue weighted by Gasteiger charge is 2.25. The van der Waals surface area contributed by atoms with Gasteiger partial charge in [0, 0.05) is 29.6 Å². The van der Waals surface area contributed by atoms with Gasteiger partial charge in [-0.05, 0) is 55.4 Å². The Bertz CT molecular complexity index is 1310. The number of hydrogen-bond donors (Lipinski definition) is 1. The Morgan fingerprint density at radius 1 is 1.09 bits per heavy atom. The van der Waals surface area contributed by atoms with Crippen molar-refractivity contribution in [1.29, 1.82) is 0 Å². The van der Waals surface area contributed by atoms with Crippen molar-refractivity contribution in [2.45, 2.75) is 51.2 Å². The first-order valence-electron chi connectivity index (χ1n) is 11.3. The van der Waals surface area contributed by atoms with Gasteiger partial charge in [-0.3, -0.25) is 9.36 Å². The van der Waals surface area contributed by atoms with Crippen molar-refractivity contribution in [3.05, 3.63) is 98.4 Å². The third-order valence-corrected chi connectivity index (χ3v) is 7.53. The van der Waals surface area contributed by atoms with Gasteiger partial charge in [-0.1, -0.05) is 36.4 Å². The Hall–Kier alpha value is -2.90. The summed E-state index contributed by atoms with van der Waals surface area (Å²) in [5, 5.41) is 4.04. The van der Waals surface area contributed by atoms with E-state index >= 15 is 0 Å². The van der Waals surface area contributed by atoms with Gasteiger partial charge in [0.15, 0.2) is 0 Å². The standard InChI is InChI=1S/C26H25F2N3OS/c27-21-9-4-10-22(28)20(21)15-29-18-11-12-19-23(14-18)33-25-24(19)26(32)31(16-30-25)13-5-8-17-6-2-1-3-7-17/h1-4,6-7,9-10,16,18,29H,5,8,11-15H2/t18-/m0/s1. The van der Waals surface area contributed by atoms with Gasteiger partial charge in [-0.25, -0.2) is 13.8 Å². The number of benzene rings is 2. The molecule has 2 aromatic carbocycles. The van der Waals surface area contributed by atoms with E-state index in [0.717, 1.165) is 52.8 Å². The van der Waals surface area contributed by atoms with E-state index in [1.54, 1.807) is 22.2 Å². The lowest BCUT2D eigenvalue weighted by Gasteiger charge is -2.23. The second kappa shape index (κ2) is 9.53. The van der Waals surface area contributed by atoms with Gasteiger partial charge in [0.25, 0.3) is 5.56 Å². The summed E-state index contributed by atoms with van der Waals surface area (Å²) >= 11 is 1.56. The molecule has 0 spiro atoms. The van der Waals surface area contributed by atoms with Crippen molar-refractivity contribution in [2.75, 3.05) is 0 Å². The van der Waals surface area contributed by atoms with Crippen molar-refractivity contribution < 1.29 is 8.78 Å². The van der Waals surface area contributed by atoms with E-state index in [0.29, 0.717) is 6.54 Å². The molecule has 0 amide bonds. The minimum atomic E-state index is -0.530. The maximum absolute atomic E-state index is 13.9. The Morgan fingerprint density at radius 2 is 1.88 bits per heavy atom. The molecule has 4 aromatic rings. The van der Waals surface area contributed by atoms with Crippen molar-refractivity contribution in [2.24, 2.45) is 0 Å². The molecule has 1 N–H and O–H groups in total. The molecule has 2 aromatic heterocycles. The maximum atomic E-state index is 13.9. The molecule has 0 unspecified atom stereocenters. The second-order valence-electron chi connectivity index (χ2n) is 8.54. The lowest BCUT2D eigenvalue weighted by Crippen LogP contribution is -2.34. The van der Waals surface area contributed by atoms with E-state index in [1.165, 1.54) is 23.8 Å². The fraction of sp³-hybridized carbons (Fsp3) is 0.308. The molecule has 0 saturated heterocycles. The van der Waals surface area contributed by atoms with E-state index in [1.807, 2.05) is 18.2 Å². The quantitative estimate of drug-likeness (QED) is 0.417. The molecule has 33 heavy (non-hydrogen) atoms. The number of halogens is 2. The van der Waals surface area contributed by atoms with Crippen LogP contribution in [0.1, 0.15) is 34.4 Å². The summed E-state index contributed by atoms with van der Waals surface area (Å²) in [5.74, 6) is -1.06. The predicted molar refractivity (Wildman–Crippen MR) is 128 cm³/mol. The van der Waals surface area contributed by atoms with Crippen LogP contribution in [-0.2, 0) is 32.4 Å². The average molecular weight is 466 g/mol. The first kappa shape index (κ1) is 21.9. The van der Waals surface area contributed by atoms with Crippen LogP contribution in [0.2, 0.25) is 0 Å². The summed E-state index contributed by atoms with van der Waals surface area (Å²) in [4.78, 5) is 19.7. The lowest BCUT2D eigenvalue weighted by atomic mass is 9.93. The minimum Gasteiger partial charge on any atom is -0.309 e. The summed E-state index contributed by atoms with van der Waals surface area (Å²) < 4.78 is 29.6. The molecule has 2 heterocycles. The lowest BCUT2D eigenvalue weighted by molar-refractivity contribution is 0.445. The zero-order valence-electron chi connectivity index (χ0n) is 18.2. The third kappa shape index (κ3) is 4.61. The van der Waals surface area contributed by atoms with Crippen LogP contribution in [-0.4, -0.2) is 15.6 Å². The number of hydrogen-bond acceptors (Lipinski definition) is 4. The van der Waals surface area contributed by atoms with E-state index in [4.69, 9.17) is 0 Å². The van der Waals surface area contributed by atoms with E-state index in [9.17, 15) is 13.6 Å². The zero-order valence-corrected chi connectivity index (χ0v) is 19.0. The Balaban J connectivity index is 1.29. The number of rotatable bonds is 7. The van der Waals surface area contributed by atoms with Crippen LogP contribution in [0.4, 0.5) is 8.78 Å². The fourth-order valence-corrected chi connectivity index (χ4v) is 5.84. The van der Waals surface area contributed by atoms with Crippen molar-refractivity contribution in [3.63, 3.8) is 0 Å². The molecule has 170 valence electrons. The van der Waals surface area contributed by atoms with Crippen LogP contribution in [0, 0.1) is 11.6 Å². The SMILES string of the molecule is O=c1c2c3c(sc2ncn1CCCc1ccccc1)C[C@@H](NCc1c(F)cccc1F)CC3. The second-order valence-corrected chi connectivity index (χ2v) is 9.62. The van der Waals surface area contributed by atoms with Crippen LogP contribution in [0.3, 0.4) is 0 Å². The van der Waals surface area contributed by atoms with Crippen LogP contribution in [0.25, 0.3) is 10.2 Å². The van der Waals surface area contributed by atoms with Gasteiger partial charge < -0.3 is 5.32 Å². The average Bonchev–Trinajstić information content (AvgIpc) is 3.19. The van der Waals surface area contributed by atoms with E-state index in [2.05, 4.69) is 22.4 Å². The highest BCUT2D eigenvalue weighted by Crippen LogP contribution is 2.33. The third-order valence-electron chi connectivity index (χ3n) is 6.37. The summed E-state index contributed by atoms with van der Waals surface area (Å²) in [7, 11) is 0. The molecule has 1 atom stereocenters. The van der Waals surface area contributed by atoms with Gasteiger partial charge in [0.1, 0.15) is 16.5 Å². The number of aromatic nitrogens is 2. The van der Waals surface area contributed by atoms with Crippen molar-refractivity contribution in [1.82, 2.24) is 14.9 Å². The van der Waals surface area contributed by atoms with Crippen molar-refractivity contribution in [3.8, 4) is 0 Å². The van der Waals surface area contributed by atoms with Crippen LogP contribution in [0.15, 0.2) is 59.7 Å². The summed E-state index contributed by atoms with van der Waals surface area (Å²) in [6, 6.07) is 14.3. The molecule has 1 aliphatic carbocycles.